The zero-order valence-corrected chi connectivity index (χ0v) is 13.4. The lowest BCUT2D eigenvalue weighted by atomic mass is 9.39. The Bertz CT molecular complexity index is 431. The van der Waals surface area contributed by atoms with E-state index >= 15 is 0 Å². The van der Waals surface area contributed by atoms with Gasteiger partial charge in [-0.25, -0.2) is 0 Å². The maximum atomic E-state index is 6.62. The van der Waals surface area contributed by atoms with Gasteiger partial charge in [-0.15, -0.1) is 0 Å². The Labute approximate surface area is 124 Å². The van der Waals surface area contributed by atoms with E-state index in [1.807, 2.05) is 0 Å². The van der Waals surface area contributed by atoms with E-state index in [0.29, 0.717) is 22.3 Å². The summed E-state index contributed by atoms with van der Waals surface area (Å²) < 4.78 is 0. The molecule has 3 atom stereocenters. The molecule has 0 aromatic rings. The van der Waals surface area contributed by atoms with Crippen LogP contribution in [0.5, 0.6) is 0 Å². The third kappa shape index (κ3) is 2.08. The quantitative estimate of drug-likeness (QED) is 0.734. The highest BCUT2D eigenvalue weighted by Crippen LogP contribution is 2.70. The van der Waals surface area contributed by atoms with Gasteiger partial charge in [-0.2, -0.15) is 0 Å². The van der Waals surface area contributed by atoms with E-state index in [4.69, 9.17) is 5.73 Å². The first-order chi connectivity index (χ1) is 9.40. The van der Waals surface area contributed by atoms with E-state index in [1.54, 1.807) is 5.57 Å². The number of hydrogen-bond acceptors (Lipinski definition) is 1. The maximum Gasteiger partial charge on any atom is 0.0258 e. The van der Waals surface area contributed by atoms with Crippen LogP contribution >= 0.6 is 0 Å². The molecule has 1 nitrogen and oxygen atoms in total. The summed E-state index contributed by atoms with van der Waals surface area (Å²) in [5.74, 6) is 1.01. The minimum atomic E-state index is 0.362. The van der Waals surface area contributed by atoms with E-state index in [1.165, 1.54) is 64.2 Å². The van der Waals surface area contributed by atoms with Gasteiger partial charge in [0.25, 0.3) is 0 Å². The molecule has 0 aromatic heterocycles. The van der Waals surface area contributed by atoms with Gasteiger partial charge in [0, 0.05) is 6.04 Å². The highest BCUT2D eigenvalue weighted by atomic mass is 14.7. The first kappa shape index (κ1) is 13.4. The molecule has 0 aliphatic heterocycles. The average molecular weight is 273 g/mol. The molecule has 2 N–H and O–H groups in total. The second-order valence-electron chi connectivity index (χ2n) is 9.61. The molecule has 0 saturated heterocycles. The van der Waals surface area contributed by atoms with E-state index in [2.05, 4.69) is 19.9 Å². The maximum absolute atomic E-state index is 6.62. The molecule has 0 amide bonds. The zero-order valence-electron chi connectivity index (χ0n) is 13.4. The minimum Gasteiger partial charge on any atom is -0.324 e. The van der Waals surface area contributed by atoms with E-state index in [-0.39, 0.29) is 0 Å². The van der Waals surface area contributed by atoms with Crippen LogP contribution in [0, 0.1) is 22.2 Å². The van der Waals surface area contributed by atoms with Gasteiger partial charge in [-0.1, -0.05) is 25.5 Å². The van der Waals surface area contributed by atoms with Gasteiger partial charge in [0.2, 0.25) is 0 Å². The molecule has 0 spiro atoms. The van der Waals surface area contributed by atoms with Crippen LogP contribution in [0.2, 0.25) is 0 Å². The van der Waals surface area contributed by atoms with Gasteiger partial charge in [-0.3, -0.25) is 0 Å². The number of hydrogen-bond donors (Lipinski definition) is 1. The van der Waals surface area contributed by atoms with Crippen molar-refractivity contribution < 1.29 is 0 Å². The molecule has 5 aliphatic rings. The molecule has 20 heavy (non-hydrogen) atoms. The van der Waals surface area contributed by atoms with Crippen molar-refractivity contribution in [2.75, 3.05) is 0 Å². The molecular formula is C19H31N. The van der Waals surface area contributed by atoms with E-state index in [9.17, 15) is 0 Å². The Morgan fingerprint density at radius 2 is 1.85 bits per heavy atom. The lowest BCUT2D eigenvalue weighted by molar-refractivity contribution is -0.148. The largest absolute Gasteiger partial charge is 0.324 e. The smallest absolute Gasteiger partial charge is 0.0258 e. The van der Waals surface area contributed by atoms with Crippen molar-refractivity contribution in [1.29, 1.82) is 0 Å². The minimum absolute atomic E-state index is 0.362. The topological polar surface area (TPSA) is 26.0 Å². The molecule has 0 heterocycles. The van der Waals surface area contributed by atoms with Crippen LogP contribution in [-0.4, -0.2) is 6.04 Å². The van der Waals surface area contributed by atoms with Gasteiger partial charge in [0.05, 0.1) is 0 Å². The summed E-state index contributed by atoms with van der Waals surface area (Å²) in [6.07, 6.45) is 16.5. The average Bonchev–Trinajstić information content (AvgIpc) is 2.75. The molecule has 112 valence electrons. The molecule has 4 bridgehead atoms. The second kappa shape index (κ2) is 4.12. The Morgan fingerprint density at radius 3 is 2.40 bits per heavy atom. The summed E-state index contributed by atoms with van der Waals surface area (Å²) >= 11 is 0. The monoisotopic (exact) mass is 273 g/mol. The van der Waals surface area contributed by atoms with Gasteiger partial charge < -0.3 is 5.73 Å². The lowest BCUT2D eigenvalue weighted by Crippen LogP contribution is -2.56. The highest BCUT2D eigenvalue weighted by Gasteiger charge is 2.60. The standard InChI is InChI=1S/C19H31N/c1-17-7-14-8-18(2,11-17)13-19(9-14,12-17)10-16(20)15-5-3-4-6-15/h5,14,16H,3-4,6-13,20H2,1-2H3. The Balaban J connectivity index is 1.57. The molecule has 5 aliphatic carbocycles. The van der Waals surface area contributed by atoms with Gasteiger partial charge in [0.1, 0.15) is 0 Å². The van der Waals surface area contributed by atoms with Gasteiger partial charge in [-0.05, 0) is 86.4 Å². The van der Waals surface area contributed by atoms with Crippen LogP contribution in [0.25, 0.3) is 0 Å². The van der Waals surface area contributed by atoms with Crippen molar-refractivity contribution in [3.8, 4) is 0 Å². The van der Waals surface area contributed by atoms with E-state index < -0.39 is 0 Å². The Hall–Kier alpha value is -0.300. The zero-order chi connectivity index (χ0) is 14.0. The Morgan fingerprint density at radius 1 is 1.15 bits per heavy atom. The van der Waals surface area contributed by atoms with Crippen molar-refractivity contribution in [3.63, 3.8) is 0 Å². The molecule has 5 rings (SSSR count). The predicted molar refractivity (Wildman–Crippen MR) is 84.4 cm³/mol. The SMILES string of the molecule is CC12CC3CC(C)(C1)CC(CC(N)C1=CCCC1)(C3)C2. The highest BCUT2D eigenvalue weighted by molar-refractivity contribution is 5.18. The number of rotatable bonds is 3. The van der Waals surface area contributed by atoms with Crippen LogP contribution in [0.3, 0.4) is 0 Å². The second-order valence-corrected chi connectivity index (χ2v) is 9.61. The molecule has 4 fully saturated rings. The van der Waals surface area contributed by atoms with Crippen LogP contribution < -0.4 is 5.73 Å². The summed E-state index contributed by atoms with van der Waals surface area (Å²) in [6, 6.07) is 0.362. The molecule has 0 aromatic carbocycles. The fraction of sp³-hybridized carbons (Fsp3) is 0.895. The van der Waals surface area contributed by atoms with Gasteiger partial charge in [0.15, 0.2) is 0 Å². The third-order valence-electron chi connectivity index (χ3n) is 6.95. The number of allylic oxidation sites excluding steroid dienone is 1. The summed E-state index contributed by atoms with van der Waals surface area (Å²) in [5.41, 5.74) is 10.1. The predicted octanol–water partition coefficient (Wildman–Crippen LogP) is 4.81. The van der Waals surface area contributed by atoms with Gasteiger partial charge >= 0.3 is 0 Å². The van der Waals surface area contributed by atoms with Crippen LogP contribution in [0.15, 0.2) is 11.6 Å². The number of nitrogens with two attached hydrogens (primary N) is 1. The van der Waals surface area contributed by atoms with E-state index in [0.717, 1.165) is 5.92 Å². The Kier molecular flexibility index (Phi) is 2.76. The first-order valence-corrected chi connectivity index (χ1v) is 8.84. The normalized spacial score (nSPS) is 51.4. The lowest BCUT2D eigenvalue weighted by Gasteiger charge is -2.66. The van der Waals surface area contributed by atoms with Crippen molar-refractivity contribution >= 4 is 0 Å². The third-order valence-corrected chi connectivity index (χ3v) is 6.95. The molecule has 1 heteroatoms. The fourth-order valence-corrected chi connectivity index (χ4v) is 7.54. The van der Waals surface area contributed by atoms with Crippen LogP contribution in [-0.2, 0) is 0 Å². The molecule has 3 unspecified atom stereocenters. The van der Waals surface area contributed by atoms with Crippen molar-refractivity contribution in [1.82, 2.24) is 0 Å². The van der Waals surface area contributed by atoms with Crippen LogP contribution in [0.4, 0.5) is 0 Å². The molecular weight excluding hydrogens is 242 g/mol. The summed E-state index contributed by atoms with van der Waals surface area (Å²) in [4.78, 5) is 0. The summed E-state index contributed by atoms with van der Waals surface area (Å²) in [7, 11) is 0. The fourth-order valence-electron chi connectivity index (χ4n) is 7.54. The molecule has 4 saturated carbocycles. The van der Waals surface area contributed by atoms with Crippen molar-refractivity contribution in [2.24, 2.45) is 27.9 Å². The van der Waals surface area contributed by atoms with Crippen LogP contribution in [0.1, 0.15) is 78.1 Å². The molecule has 0 radical (unpaired) electrons. The summed E-state index contributed by atoms with van der Waals surface area (Å²) in [6.45, 7) is 5.15. The van der Waals surface area contributed by atoms with Crippen molar-refractivity contribution in [2.45, 2.75) is 84.1 Å². The summed E-state index contributed by atoms with van der Waals surface area (Å²) in [5, 5.41) is 0. The first-order valence-electron chi connectivity index (χ1n) is 8.84. The van der Waals surface area contributed by atoms with Crippen molar-refractivity contribution in [3.05, 3.63) is 11.6 Å².